The Bertz CT molecular complexity index is 646. The predicted molar refractivity (Wildman–Crippen MR) is 95.5 cm³/mol. The van der Waals surface area contributed by atoms with Gasteiger partial charge in [-0.3, -0.25) is 4.79 Å². The molecule has 0 saturated carbocycles. The van der Waals surface area contributed by atoms with E-state index in [0.29, 0.717) is 31.7 Å². The molecule has 6 heteroatoms. The van der Waals surface area contributed by atoms with Crippen molar-refractivity contribution in [1.82, 2.24) is 9.21 Å². The molecule has 1 fully saturated rings. The summed E-state index contributed by atoms with van der Waals surface area (Å²) < 4.78 is 27.5. The molecule has 0 spiro atoms. The lowest BCUT2D eigenvalue weighted by molar-refractivity contribution is 0.0751. The van der Waals surface area contributed by atoms with Crippen LogP contribution in [0.2, 0.25) is 0 Å². The maximum atomic E-state index is 13.0. The van der Waals surface area contributed by atoms with Gasteiger partial charge in [0.2, 0.25) is 10.0 Å². The van der Waals surface area contributed by atoms with Crippen molar-refractivity contribution < 1.29 is 13.2 Å². The van der Waals surface area contributed by atoms with E-state index in [4.69, 9.17) is 0 Å². The van der Waals surface area contributed by atoms with Gasteiger partial charge in [0.1, 0.15) is 0 Å². The number of carbonyl (C=O) groups is 1. The van der Waals surface area contributed by atoms with Crippen LogP contribution in [-0.2, 0) is 10.0 Å². The first-order valence-electron chi connectivity index (χ1n) is 8.90. The molecule has 1 aliphatic rings. The Kier molecular flexibility index (Phi) is 6.80. The molecular weight excluding hydrogens is 324 g/mol. The molecule has 1 saturated heterocycles. The Labute approximate surface area is 145 Å². The summed E-state index contributed by atoms with van der Waals surface area (Å²) in [5.74, 6) is -0.185. The van der Waals surface area contributed by atoms with E-state index in [1.165, 1.54) is 4.31 Å². The van der Waals surface area contributed by atoms with E-state index in [2.05, 4.69) is 0 Å². The van der Waals surface area contributed by atoms with Gasteiger partial charge in [-0.05, 0) is 37.8 Å². The van der Waals surface area contributed by atoms with Crippen LogP contribution in [0.5, 0.6) is 0 Å². The van der Waals surface area contributed by atoms with Crippen LogP contribution in [-0.4, -0.2) is 49.7 Å². The summed E-state index contributed by atoms with van der Waals surface area (Å²) in [5, 5.41) is 0. The zero-order chi connectivity index (χ0) is 17.6. The van der Waals surface area contributed by atoms with Gasteiger partial charge < -0.3 is 4.90 Å². The van der Waals surface area contributed by atoms with Gasteiger partial charge in [-0.2, -0.15) is 4.31 Å². The minimum atomic E-state index is -3.62. The molecule has 134 valence electrons. The molecule has 1 heterocycles. The second-order valence-corrected chi connectivity index (χ2v) is 8.16. The fourth-order valence-electron chi connectivity index (χ4n) is 3.14. The van der Waals surface area contributed by atoms with E-state index in [0.717, 1.165) is 32.1 Å². The number of piperidine rings is 1. The molecule has 1 amide bonds. The molecule has 1 aromatic carbocycles. The monoisotopic (exact) mass is 352 g/mol. The molecule has 0 aromatic heterocycles. The van der Waals surface area contributed by atoms with Crippen molar-refractivity contribution in [3.05, 3.63) is 29.8 Å². The third-order valence-electron chi connectivity index (χ3n) is 4.32. The first-order chi connectivity index (χ1) is 11.5. The molecular formula is C18H28N2O3S. The third kappa shape index (κ3) is 4.16. The van der Waals surface area contributed by atoms with E-state index < -0.39 is 10.0 Å². The van der Waals surface area contributed by atoms with Crippen molar-refractivity contribution in [2.75, 3.05) is 26.2 Å². The van der Waals surface area contributed by atoms with E-state index in [1.807, 2.05) is 13.8 Å². The Morgan fingerprint density at radius 2 is 1.62 bits per heavy atom. The summed E-state index contributed by atoms with van der Waals surface area (Å²) in [7, 11) is -3.62. The molecule has 0 unspecified atom stereocenters. The Hall–Kier alpha value is -1.40. The molecule has 2 rings (SSSR count). The van der Waals surface area contributed by atoms with Gasteiger partial charge in [-0.15, -0.1) is 0 Å². The highest BCUT2D eigenvalue weighted by Gasteiger charge is 2.30. The maximum Gasteiger partial charge on any atom is 0.255 e. The van der Waals surface area contributed by atoms with Gasteiger partial charge in [0.25, 0.3) is 5.91 Å². The van der Waals surface area contributed by atoms with Crippen molar-refractivity contribution in [2.45, 2.75) is 50.8 Å². The number of amides is 1. The number of benzene rings is 1. The minimum absolute atomic E-state index is 0.147. The van der Waals surface area contributed by atoms with Gasteiger partial charge in [0.15, 0.2) is 0 Å². The van der Waals surface area contributed by atoms with Crippen molar-refractivity contribution in [3.63, 3.8) is 0 Å². The topological polar surface area (TPSA) is 57.7 Å². The average molecular weight is 353 g/mol. The van der Waals surface area contributed by atoms with Gasteiger partial charge in [0, 0.05) is 26.2 Å². The quantitative estimate of drug-likeness (QED) is 0.757. The number of nitrogens with zero attached hydrogens (tertiary/aromatic N) is 2. The second-order valence-electron chi connectivity index (χ2n) is 6.25. The molecule has 0 N–H and O–H groups in total. The molecule has 0 aliphatic carbocycles. The highest BCUT2D eigenvalue weighted by Crippen LogP contribution is 2.24. The average Bonchev–Trinajstić information content (AvgIpc) is 2.61. The van der Waals surface area contributed by atoms with Gasteiger partial charge >= 0.3 is 0 Å². The smallest absolute Gasteiger partial charge is 0.255 e. The summed E-state index contributed by atoms with van der Waals surface area (Å²) in [6.45, 7) is 6.41. The van der Waals surface area contributed by atoms with Crippen molar-refractivity contribution in [2.24, 2.45) is 0 Å². The van der Waals surface area contributed by atoms with Gasteiger partial charge in [0.05, 0.1) is 10.5 Å². The predicted octanol–water partition coefficient (Wildman–Crippen LogP) is 3.12. The molecule has 0 bridgehead atoms. The lowest BCUT2D eigenvalue weighted by Gasteiger charge is -2.28. The fraction of sp³-hybridized carbons (Fsp3) is 0.611. The van der Waals surface area contributed by atoms with Crippen LogP contribution in [0.1, 0.15) is 56.3 Å². The normalized spacial score (nSPS) is 16.1. The summed E-state index contributed by atoms with van der Waals surface area (Å²) in [6, 6.07) is 6.63. The zero-order valence-corrected chi connectivity index (χ0v) is 15.5. The van der Waals surface area contributed by atoms with Crippen LogP contribution in [0.15, 0.2) is 29.2 Å². The maximum absolute atomic E-state index is 13.0. The number of carbonyl (C=O) groups excluding carboxylic acids is 1. The van der Waals surface area contributed by atoms with Crippen LogP contribution in [0.4, 0.5) is 0 Å². The second kappa shape index (κ2) is 8.62. The lowest BCUT2D eigenvalue weighted by atomic mass is 10.2. The number of hydrogen-bond acceptors (Lipinski definition) is 3. The SMILES string of the molecule is CCCN(CCC)C(=O)c1ccccc1S(=O)(=O)N1CCCCC1. The molecule has 1 aromatic rings. The van der Waals surface area contributed by atoms with E-state index in [-0.39, 0.29) is 10.8 Å². The Morgan fingerprint density at radius 3 is 2.21 bits per heavy atom. The molecule has 1 aliphatic heterocycles. The van der Waals surface area contributed by atoms with Crippen LogP contribution in [0.3, 0.4) is 0 Å². The third-order valence-corrected chi connectivity index (χ3v) is 6.28. The highest BCUT2D eigenvalue weighted by atomic mass is 32.2. The minimum Gasteiger partial charge on any atom is -0.339 e. The van der Waals surface area contributed by atoms with E-state index in [1.54, 1.807) is 29.2 Å². The molecule has 0 atom stereocenters. The van der Waals surface area contributed by atoms with Crippen LogP contribution >= 0.6 is 0 Å². The van der Waals surface area contributed by atoms with Gasteiger partial charge in [-0.1, -0.05) is 32.4 Å². The lowest BCUT2D eigenvalue weighted by Crippen LogP contribution is -2.38. The first-order valence-corrected chi connectivity index (χ1v) is 10.3. The largest absolute Gasteiger partial charge is 0.339 e. The highest BCUT2D eigenvalue weighted by molar-refractivity contribution is 7.89. The van der Waals surface area contributed by atoms with Crippen molar-refractivity contribution in [1.29, 1.82) is 0 Å². The first kappa shape index (κ1) is 18.9. The summed E-state index contributed by atoms with van der Waals surface area (Å²) in [6.07, 6.45) is 4.53. The van der Waals surface area contributed by atoms with Gasteiger partial charge in [-0.25, -0.2) is 8.42 Å². The number of hydrogen-bond donors (Lipinski definition) is 0. The Morgan fingerprint density at radius 1 is 1.04 bits per heavy atom. The molecule has 5 nitrogen and oxygen atoms in total. The van der Waals surface area contributed by atoms with Crippen molar-refractivity contribution >= 4 is 15.9 Å². The summed E-state index contributed by atoms with van der Waals surface area (Å²) >= 11 is 0. The Balaban J connectivity index is 2.37. The standard InChI is InChI=1S/C18H28N2O3S/c1-3-12-19(13-4-2)18(21)16-10-6-7-11-17(16)24(22,23)20-14-8-5-9-15-20/h6-7,10-11H,3-5,8-9,12-15H2,1-2H3. The van der Waals surface area contributed by atoms with Crippen LogP contribution in [0.25, 0.3) is 0 Å². The fourth-order valence-corrected chi connectivity index (χ4v) is 4.84. The zero-order valence-electron chi connectivity index (χ0n) is 14.7. The van der Waals surface area contributed by atoms with E-state index >= 15 is 0 Å². The summed E-state index contributed by atoms with van der Waals surface area (Å²) in [4.78, 5) is 14.8. The molecule has 0 radical (unpaired) electrons. The number of sulfonamides is 1. The van der Waals surface area contributed by atoms with Crippen LogP contribution in [0, 0.1) is 0 Å². The molecule has 24 heavy (non-hydrogen) atoms. The van der Waals surface area contributed by atoms with Crippen molar-refractivity contribution in [3.8, 4) is 0 Å². The van der Waals surface area contributed by atoms with Crippen LogP contribution < -0.4 is 0 Å². The van der Waals surface area contributed by atoms with E-state index in [9.17, 15) is 13.2 Å². The summed E-state index contributed by atoms with van der Waals surface area (Å²) in [5.41, 5.74) is 0.296. The number of rotatable bonds is 7.